The van der Waals surface area contributed by atoms with E-state index in [4.69, 9.17) is 14.9 Å². The molecule has 0 spiro atoms. The van der Waals surface area contributed by atoms with Crippen molar-refractivity contribution in [3.63, 3.8) is 0 Å². The van der Waals surface area contributed by atoms with Crippen molar-refractivity contribution in [1.82, 2.24) is 5.32 Å². The summed E-state index contributed by atoms with van der Waals surface area (Å²) < 4.78 is 13.8. The molecule has 5 aromatic rings. The molecular formula is C50H53BN2O2. The van der Waals surface area contributed by atoms with Crippen LogP contribution in [0, 0.1) is 5.41 Å². The smallest absolute Gasteiger partial charge is 0.260 e. The number of rotatable bonds is 5. The average Bonchev–Trinajstić information content (AvgIpc) is 3.16. The summed E-state index contributed by atoms with van der Waals surface area (Å²) in [5, 5.41) is 11.3. The second kappa shape index (κ2) is 12.2. The number of hydrogen-bond donors (Lipinski definition) is 2. The first-order valence-corrected chi connectivity index (χ1v) is 20.1. The van der Waals surface area contributed by atoms with E-state index in [-0.39, 0.29) is 28.4 Å². The number of hydrogen-bond acceptors (Lipinski definition) is 4. The molecule has 0 atom stereocenters. The molecule has 0 amide bonds. The molecule has 2 N–H and O–H groups in total. The van der Waals surface area contributed by atoms with Crippen LogP contribution in [0.5, 0.6) is 23.0 Å². The Hall–Kier alpha value is -5.03. The van der Waals surface area contributed by atoms with E-state index >= 15 is 0 Å². The highest BCUT2D eigenvalue weighted by atomic mass is 16.5. The molecule has 4 aliphatic rings. The largest absolute Gasteiger partial charge is 0.458 e. The number of fused-ring (bicyclic) bond motifs is 6. The van der Waals surface area contributed by atoms with Crippen LogP contribution in [0.25, 0.3) is 27.8 Å². The van der Waals surface area contributed by atoms with E-state index in [9.17, 15) is 0 Å². The van der Waals surface area contributed by atoms with Gasteiger partial charge in [0.05, 0.1) is 0 Å². The molecule has 2 aliphatic carbocycles. The molecular weight excluding hydrogens is 671 g/mol. The van der Waals surface area contributed by atoms with Gasteiger partial charge < -0.3 is 20.2 Å². The molecule has 278 valence electrons. The Morgan fingerprint density at radius 1 is 0.545 bits per heavy atom. The fraction of sp³-hybridized carbons (Fsp3) is 0.340. The van der Waals surface area contributed by atoms with Gasteiger partial charge in [0.25, 0.3) is 6.71 Å². The Kier molecular flexibility index (Phi) is 7.93. The first-order valence-electron chi connectivity index (χ1n) is 20.1. The second-order valence-corrected chi connectivity index (χ2v) is 19.1. The summed E-state index contributed by atoms with van der Waals surface area (Å²) in [6.07, 6.45) is 7.98. The van der Waals surface area contributed by atoms with Crippen LogP contribution >= 0.6 is 0 Å². The minimum Gasteiger partial charge on any atom is -0.458 e. The molecule has 5 aromatic carbocycles. The Balaban J connectivity index is 1.18. The molecule has 5 heteroatoms. The predicted octanol–water partition coefficient (Wildman–Crippen LogP) is 10.7. The summed E-state index contributed by atoms with van der Waals surface area (Å²) in [7, 11) is 1.86. The molecule has 0 saturated carbocycles. The Labute approximate surface area is 328 Å². The topological polar surface area (TPSA) is 54.3 Å². The van der Waals surface area contributed by atoms with Crippen molar-refractivity contribution in [2.45, 2.75) is 103 Å². The summed E-state index contributed by atoms with van der Waals surface area (Å²) in [4.78, 5) is 0. The van der Waals surface area contributed by atoms with Crippen molar-refractivity contribution in [3.8, 4) is 45.3 Å². The zero-order valence-electron chi connectivity index (χ0n) is 34.0. The number of benzene rings is 5. The van der Waals surface area contributed by atoms with Crippen LogP contribution in [0.15, 0.2) is 91.1 Å². The maximum Gasteiger partial charge on any atom is 0.260 e. The quantitative estimate of drug-likeness (QED) is 0.137. The molecule has 2 heterocycles. The summed E-state index contributed by atoms with van der Waals surface area (Å²) in [6, 6.07) is 31.9. The van der Waals surface area contributed by atoms with Gasteiger partial charge in [0.15, 0.2) is 0 Å². The normalized spacial score (nSPS) is 19.0. The van der Waals surface area contributed by atoms with Crippen molar-refractivity contribution in [2.75, 3.05) is 7.05 Å². The molecule has 0 unspecified atom stereocenters. The number of allylic oxidation sites excluding steroid dienone is 1. The van der Waals surface area contributed by atoms with Gasteiger partial charge in [-0.3, -0.25) is 0 Å². The standard InChI is InChI=1S/C50H53BN2O2/c1-47(2)18-20-49(5,6)38-22-30(10-14-36(38)47)32-12-16-40-42(24-32)54-44-26-34(35(28-52)29-53-9)27-45-46(44)51(40)41-17-13-33(25-43(41)55-45)31-11-15-37-39(23-31)50(7,8)21-19-48(37,3)4/h10-17,22-29,52-53H,18-21H2,1-9H3/b35-29+,52-28?. The maximum atomic E-state index is 8.23. The van der Waals surface area contributed by atoms with Crippen molar-refractivity contribution < 1.29 is 9.47 Å². The van der Waals surface area contributed by atoms with E-state index in [1.807, 2.05) is 13.2 Å². The van der Waals surface area contributed by atoms with Gasteiger partial charge in [-0.05, 0) is 133 Å². The van der Waals surface area contributed by atoms with Gasteiger partial charge in [-0.1, -0.05) is 116 Å². The van der Waals surface area contributed by atoms with Crippen LogP contribution in [-0.4, -0.2) is 20.0 Å². The lowest BCUT2D eigenvalue weighted by Crippen LogP contribution is -2.57. The first-order chi connectivity index (χ1) is 26.1. The van der Waals surface area contributed by atoms with Gasteiger partial charge in [0.2, 0.25) is 0 Å². The molecule has 4 nitrogen and oxygen atoms in total. The average molecular weight is 725 g/mol. The third-order valence-corrected chi connectivity index (χ3v) is 13.6. The highest BCUT2D eigenvalue weighted by molar-refractivity contribution is 6.98. The van der Waals surface area contributed by atoms with E-state index in [1.54, 1.807) is 0 Å². The molecule has 9 rings (SSSR count). The fourth-order valence-electron chi connectivity index (χ4n) is 9.92. The van der Waals surface area contributed by atoms with Gasteiger partial charge in [-0.2, -0.15) is 0 Å². The van der Waals surface area contributed by atoms with Crippen LogP contribution in [-0.2, 0) is 21.7 Å². The molecule has 55 heavy (non-hydrogen) atoms. The summed E-state index contributed by atoms with van der Waals surface area (Å²) in [5.41, 5.74) is 16.1. The molecule has 0 saturated heterocycles. The highest BCUT2D eigenvalue weighted by Gasteiger charge is 2.42. The van der Waals surface area contributed by atoms with Crippen LogP contribution in [0.1, 0.15) is 109 Å². The van der Waals surface area contributed by atoms with Gasteiger partial charge in [-0.15, -0.1) is 0 Å². The van der Waals surface area contributed by atoms with Crippen molar-refractivity contribution in [1.29, 1.82) is 5.41 Å². The fourth-order valence-corrected chi connectivity index (χ4v) is 9.92. The Morgan fingerprint density at radius 3 is 1.36 bits per heavy atom. The lowest BCUT2D eigenvalue weighted by molar-refractivity contribution is 0.332. The SMILES string of the molecule is CN/C=C(\C=N)c1cc2c3c(c1)Oc1cc(-c4ccc5c(c4)C(C)(C)CCC5(C)C)ccc1B3c1ccc(-c3ccc4c(c3)C(C)(C)CCC4(C)C)cc1O2. The molecule has 0 fully saturated rings. The minimum atomic E-state index is -0.0575. The summed E-state index contributed by atoms with van der Waals surface area (Å²) in [6.45, 7) is 19.0. The first kappa shape index (κ1) is 35.7. The van der Waals surface area contributed by atoms with Crippen LogP contribution in [0.4, 0.5) is 0 Å². The van der Waals surface area contributed by atoms with Gasteiger partial charge >= 0.3 is 0 Å². The molecule has 2 aliphatic heterocycles. The van der Waals surface area contributed by atoms with Gasteiger partial charge in [-0.25, -0.2) is 0 Å². The van der Waals surface area contributed by atoms with Crippen molar-refractivity contribution in [3.05, 3.63) is 119 Å². The zero-order chi connectivity index (χ0) is 38.7. The number of nitrogens with one attached hydrogen (secondary N) is 2. The molecule has 0 bridgehead atoms. The van der Waals surface area contributed by atoms with Crippen LogP contribution < -0.4 is 31.2 Å². The second-order valence-electron chi connectivity index (χ2n) is 19.1. The summed E-state index contributed by atoms with van der Waals surface area (Å²) >= 11 is 0. The van der Waals surface area contributed by atoms with E-state index in [0.29, 0.717) is 0 Å². The zero-order valence-corrected chi connectivity index (χ0v) is 34.0. The maximum absolute atomic E-state index is 8.23. The van der Waals surface area contributed by atoms with E-state index in [2.05, 4.69) is 146 Å². The minimum absolute atomic E-state index is 0.0575. The summed E-state index contributed by atoms with van der Waals surface area (Å²) in [5.74, 6) is 3.27. The van der Waals surface area contributed by atoms with E-state index in [0.717, 1.165) is 61.6 Å². The van der Waals surface area contributed by atoms with Gasteiger partial charge in [0, 0.05) is 30.5 Å². The van der Waals surface area contributed by atoms with Crippen molar-refractivity contribution >= 4 is 34.9 Å². The Morgan fingerprint density at radius 2 is 0.945 bits per heavy atom. The lowest BCUT2D eigenvalue weighted by Gasteiger charge is -2.42. The van der Waals surface area contributed by atoms with Crippen LogP contribution in [0.3, 0.4) is 0 Å². The highest BCUT2D eigenvalue weighted by Crippen LogP contribution is 2.49. The molecule has 0 aromatic heterocycles. The Bertz CT molecular complexity index is 2310. The third kappa shape index (κ3) is 5.68. The van der Waals surface area contributed by atoms with E-state index < -0.39 is 0 Å². The van der Waals surface area contributed by atoms with Crippen molar-refractivity contribution in [2.24, 2.45) is 0 Å². The molecule has 0 radical (unpaired) electrons. The predicted molar refractivity (Wildman–Crippen MR) is 231 cm³/mol. The lowest BCUT2D eigenvalue weighted by atomic mass is 9.34. The van der Waals surface area contributed by atoms with Crippen LogP contribution in [0.2, 0.25) is 0 Å². The van der Waals surface area contributed by atoms with Gasteiger partial charge in [0.1, 0.15) is 23.0 Å². The van der Waals surface area contributed by atoms with E-state index in [1.165, 1.54) is 65.3 Å². The number of ether oxygens (including phenoxy) is 2. The monoisotopic (exact) mass is 724 g/mol. The third-order valence-electron chi connectivity index (χ3n) is 13.6.